The van der Waals surface area contributed by atoms with Crippen LogP contribution >= 0.6 is 11.3 Å². The maximum atomic E-state index is 9.78. The van der Waals surface area contributed by atoms with Crippen molar-refractivity contribution in [3.05, 3.63) is 72.1 Å². The van der Waals surface area contributed by atoms with E-state index in [1.807, 2.05) is 30.5 Å². The van der Waals surface area contributed by atoms with E-state index in [1.54, 1.807) is 17.5 Å². The highest BCUT2D eigenvalue weighted by Crippen LogP contribution is 2.41. The molecule has 6 heteroatoms. The van der Waals surface area contributed by atoms with E-state index < -0.39 is 0 Å². The number of benzene rings is 2. The molecule has 32 heavy (non-hydrogen) atoms. The van der Waals surface area contributed by atoms with Crippen molar-refractivity contribution in [3.63, 3.8) is 0 Å². The summed E-state index contributed by atoms with van der Waals surface area (Å²) in [7, 11) is 0. The molecule has 0 amide bonds. The van der Waals surface area contributed by atoms with E-state index in [0.717, 1.165) is 60.7 Å². The Morgan fingerprint density at radius 3 is 2.88 bits per heavy atom. The second-order valence-corrected chi connectivity index (χ2v) is 8.67. The van der Waals surface area contributed by atoms with Gasteiger partial charge in [-0.25, -0.2) is 4.98 Å². The fourth-order valence-electron chi connectivity index (χ4n) is 3.90. The minimum Gasteiger partial charge on any atom is -0.493 e. The molecule has 0 aliphatic carbocycles. The predicted molar refractivity (Wildman–Crippen MR) is 132 cm³/mol. The number of hydrogen-bond donors (Lipinski definition) is 2. The lowest BCUT2D eigenvalue weighted by Gasteiger charge is -2.13. The third-order valence-electron chi connectivity index (χ3n) is 5.56. The van der Waals surface area contributed by atoms with Gasteiger partial charge in [-0.3, -0.25) is 0 Å². The highest BCUT2D eigenvalue weighted by molar-refractivity contribution is 7.22. The molecule has 0 unspecified atom stereocenters. The Morgan fingerprint density at radius 1 is 1.16 bits per heavy atom. The summed E-state index contributed by atoms with van der Waals surface area (Å²) >= 11 is 1.60. The number of aromatic nitrogens is 2. The van der Waals surface area contributed by atoms with E-state index in [2.05, 4.69) is 59.5 Å². The maximum absolute atomic E-state index is 9.78. The highest BCUT2D eigenvalue weighted by atomic mass is 32.1. The smallest absolute Gasteiger partial charge is 0.127 e. The van der Waals surface area contributed by atoms with Gasteiger partial charge in [-0.15, -0.1) is 11.3 Å². The number of aryl methyl sites for hydroxylation is 1. The molecule has 3 aromatic heterocycles. The Bertz CT molecular complexity index is 1470. The Labute approximate surface area is 190 Å². The zero-order chi connectivity index (χ0) is 22.1. The van der Waals surface area contributed by atoms with Crippen molar-refractivity contribution in [1.29, 1.82) is 5.26 Å². The van der Waals surface area contributed by atoms with E-state index in [-0.39, 0.29) is 0 Å². The maximum Gasteiger partial charge on any atom is 0.127 e. The van der Waals surface area contributed by atoms with Crippen molar-refractivity contribution >= 4 is 43.8 Å². The first-order valence-corrected chi connectivity index (χ1v) is 11.4. The molecule has 3 heterocycles. The molecule has 0 aliphatic heterocycles. The van der Waals surface area contributed by atoms with Crippen LogP contribution in [0.25, 0.3) is 31.6 Å². The molecule has 0 spiro atoms. The minimum absolute atomic E-state index is 0.519. The Hall–Kier alpha value is -3.82. The molecule has 158 valence electrons. The van der Waals surface area contributed by atoms with Crippen molar-refractivity contribution < 1.29 is 4.74 Å². The molecule has 5 aromatic rings. The summed E-state index contributed by atoms with van der Waals surface area (Å²) in [6.45, 7) is 4.86. The molecule has 0 radical (unpaired) electrons. The standard InChI is InChI=1S/C26H22N4OS/c1-3-12-31-23-7-5-4-6-19(23)24-13-20-25(17(14-27)15-29-26(20)32-24)30-21-8-9-22-18(16(21)2)10-11-28-22/h4-11,13,15,28H,3,12H2,1-2H3,(H,29,30). The molecular weight excluding hydrogens is 416 g/mol. The van der Waals surface area contributed by atoms with Gasteiger partial charge in [-0.2, -0.15) is 5.26 Å². The summed E-state index contributed by atoms with van der Waals surface area (Å²) in [6.07, 6.45) is 4.54. The van der Waals surface area contributed by atoms with E-state index in [0.29, 0.717) is 12.2 Å². The van der Waals surface area contributed by atoms with Gasteiger partial charge in [0.2, 0.25) is 0 Å². The molecule has 0 fully saturated rings. The fraction of sp³-hybridized carbons (Fsp3) is 0.154. The molecule has 0 saturated heterocycles. The van der Waals surface area contributed by atoms with Gasteiger partial charge in [0.15, 0.2) is 0 Å². The van der Waals surface area contributed by atoms with Crippen LogP contribution in [-0.2, 0) is 0 Å². The monoisotopic (exact) mass is 438 g/mol. The van der Waals surface area contributed by atoms with E-state index in [4.69, 9.17) is 4.74 Å². The zero-order valence-electron chi connectivity index (χ0n) is 17.9. The van der Waals surface area contributed by atoms with Gasteiger partial charge >= 0.3 is 0 Å². The van der Waals surface area contributed by atoms with Gasteiger partial charge in [0, 0.05) is 44.8 Å². The number of ether oxygens (including phenoxy) is 1. The summed E-state index contributed by atoms with van der Waals surface area (Å²) in [5.74, 6) is 0.865. The lowest BCUT2D eigenvalue weighted by molar-refractivity contribution is 0.319. The van der Waals surface area contributed by atoms with Crippen molar-refractivity contribution in [1.82, 2.24) is 9.97 Å². The number of fused-ring (bicyclic) bond motifs is 2. The summed E-state index contributed by atoms with van der Waals surface area (Å²) in [6, 6.07) is 18.6. The first-order chi connectivity index (χ1) is 15.7. The summed E-state index contributed by atoms with van der Waals surface area (Å²) in [4.78, 5) is 9.76. The number of nitrogens with zero attached hydrogens (tertiary/aromatic N) is 2. The number of pyridine rings is 1. The number of para-hydroxylation sites is 1. The van der Waals surface area contributed by atoms with Crippen LogP contribution in [0.3, 0.4) is 0 Å². The highest BCUT2D eigenvalue weighted by Gasteiger charge is 2.17. The summed E-state index contributed by atoms with van der Waals surface area (Å²) in [5.41, 5.74) is 5.54. The molecule has 0 bridgehead atoms. The van der Waals surface area contributed by atoms with Crippen LogP contribution in [-0.4, -0.2) is 16.6 Å². The van der Waals surface area contributed by atoms with Crippen molar-refractivity contribution in [2.45, 2.75) is 20.3 Å². The SMILES string of the molecule is CCCOc1ccccc1-c1cc2c(Nc3ccc4[nH]ccc4c3C)c(C#N)cnc2s1. The first-order valence-electron chi connectivity index (χ1n) is 10.6. The molecule has 5 nitrogen and oxygen atoms in total. The van der Waals surface area contributed by atoms with Crippen LogP contribution in [0.1, 0.15) is 24.5 Å². The molecular formula is C26H22N4OS. The summed E-state index contributed by atoms with van der Waals surface area (Å²) in [5, 5.41) is 15.4. The Morgan fingerprint density at radius 2 is 2.03 bits per heavy atom. The van der Waals surface area contributed by atoms with Gasteiger partial charge in [0.1, 0.15) is 16.6 Å². The third-order valence-corrected chi connectivity index (χ3v) is 6.64. The second kappa shape index (κ2) is 8.37. The third kappa shape index (κ3) is 3.47. The van der Waals surface area contributed by atoms with Crippen LogP contribution in [0.5, 0.6) is 5.75 Å². The summed E-state index contributed by atoms with van der Waals surface area (Å²) < 4.78 is 5.97. The lowest BCUT2D eigenvalue weighted by atomic mass is 10.1. The number of hydrogen-bond acceptors (Lipinski definition) is 5. The number of anilines is 2. The van der Waals surface area contributed by atoms with Gasteiger partial charge in [0.25, 0.3) is 0 Å². The Balaban J connectivity index is 1.63. The van der Waals surface area contributed by atoms with Crippen molar-refractivity contribution in [2.24, 2.45) is 0 Å². The van der Waals surface area contributed by atoms with Crippen molar-refractivity contribution in [3.8, 4) is 22.3 Å². The van der Waals surface area contributed by atoms with E-state index in [1.165, 1.54) is 0 Å². The number of thiophene rings is 1. The lowest BCUT2D eigenvalue weighted by Crippen LogP contribution is -1.97. The number of nitriles is 1. The molecule has 0 saturated carbocycles. The average molecular weight is 439 g/mol. The van der Waals surface area contributed by atoms with Gasteiger partial charge in [-0.05, 0) is 55.3 Å². The molecule has 5 rings (SSSR count). The largest absolute Gasteiger partial charge is 0.493 e. The number of nitrogens with one attached hydrogen (secondary N) is 2. The normalized spacial score (nSPS) is 11.0. The van der Waals surface area contributed by atoms with E-state index in [9.17, 15) is 5.26 Å². The van der Waals surface area contributed by atoms with Crippen LogP contribution in [0.4, 0.5) is 11.4 Å². The van der Waals surface area contributed by atoms with Crippen LogP contribution < -0.4 is 10.1 Å². The van der Waals surface area contributed by atoms with Gasteiger partial charge < -0.3 is 15.0 Å². The topological polar surface area (TPSA) is 73.7 Å². The molecule has 2 aromatic carbocycles. The minimum atomic E-state index is 0.519. The molecule has 0 aliphatic rings. The average Bonchev–Trinajstić information content (AvgIpc) is 3.47. The fourth-order valence-corrected chi connectivity index (χ4v) is 4.94. The number of H-pyrrole nitrogens is 1. The van der Waals surface area contributed by atoms with Crippen LogP contribution in [0.2, 0.25) is 0 Å². The zero-order valence-corrected chi connectivity index (χ0v) is 18.7. The number of aromatic amines is 1. The predicted octanol–water partition coefficient (Wildman–Crippen LogP) is 7.16. The molecule has 0 atom stereocenters. The number of rotatable bonds is 6. The first kappa shape index (κ1) is 20.1. The van der Waals surface area contributed by atoms with Gasteiger partial charge in [0.05, 0.1) is 17.9 Å². The van der Waals surface area contributed by atoms with Crippen molar-refractivity contribution in [2.75, 3.05) is 11.9 Å². The molecule has 2 N–H and O–H groups in total. The van der Waals surface area contributed by atoms with Crippen LogP contribution in [0, 0.1) is 18.3 Å². The Kier molecular flexibility index (Phi) is 5.26. The van der Waals surface area contributed by atoms with Crippen LogP contribution in [0.15, 0.2) is 60.9 Å². The quantitative estimate of drug-likeness (QED) is 0.295. The van der Waals surface area contributed by atoms with E-state index >= 15 is 0 Å². The second-order valence-electron chi connectivity index (χ2n) is 7.63. The van der Waals surface area contributed by atoms with Gasteiger partial charge in [-0.1, -0.05) is 19.1 Å².